The van der Waals surface area contributed by atoms with Crippen LogP contribution in [0.15, 0.2) is 36.4 Å². The monoisotopic (exact) mass is 260 g/mol. The molecule has 1 N–H and O–H groups in total. The predicted molar refractivity (Wildman–Crippen MR) is 79.6 cm³/mol. The number of carboxylic acids is 1. The smallest absolute Gasteiger partial charge is 0.335 e. The Labute approximate surface area is 116 Å². The normalized spacial score (nSPS) is 11.0. The Kier molecular flexibility index (Phi) is 7.64. The van der Waals surface area contributed by atoms with Crippen LogP contribution in [0.3, 0.4) is 0 Å². The van der Waals surface area contributed by atoms with Crippen LogP contribution in [-0.2, 0) is 6.42 Å². The van der Waals surface area contributed by atoms with Gasteiger partial charge >= 0.3 is 5.97 Å². The van der Waals surface area contributed by atoms with Gasteiger partial charge in [0.2, 0.25) is 0 Å². The van der Waals surface area contributed by atoms with Crippen LogP contribution in [0.2, 0.25) is 0 Å². The third-order valence-electron chi connectivity index (χ3n) is 3.27. The fraction of sp³-hybridized carbons (Fsp3) is 0.471. The first-order valence-corrected chi connectivity index (χ1v) is 7.17. The van der Waals surface area contributed by atoms with Crippen molar-refractivity contribution in [2.24, 2.45) is 0 Å². The zero-order chi connectivity index (χ0) is 13.9. The second kappa shape index (κ2) is 9.37. The van der Waals surface area contributed by atoms with E-state index in [1.807, 2.05) is 12.1 Å². The summed E-state index contributed by atoms with van der Waals surface area (Å²) in [6.07, 6.45) is 12.9. The lowest BCUT2D eigenvalue weighted by Crippen LogP contribution is -1.96. The van der Waals surface area contributed by atoms with E-state index in [-0.39, 0.29) is 0 Å². The van der Waals surface area contributed by atoms with E-state index in [4.69, 9.17) is 5.11 Å². The minimum Gasteiger partial charge on any atom is -0.478 e. The van der Waals surface area contributed by atoms with E-state index >= 15 is 0 Å². The van der Waals surface area contributed by atoms with Gasteiger partial charge < -0.3 is 5.11 Å². The maximum absolute atomic E-state index is 10.7. The largest absolute Gasteiger partial charge is 0.478 e. The van der Waals surface area contributed by atoms with Crippen LogP contribution >= 0.6 is 0 Å². The number of aromatic carboxylic acids is 1. The van der Waals surface area contributed by atoms with Crippen molar-refractivity contribution in [2.45, 2.75) is 51.9 Å². The lowest BCUT2D eigenvalue weighted by Gasteiger charge is -2.02. The van der Waals surface area contributed by atoms with E-state index < -0.39 is 5.97 Å². The number of hydrogen-bond donors (Lipinski definition) is 1. The van der Waals surface area contributed by atoms with Crippen molar-refractivity contribution in [3.8, 4) is 0 Å². The standard InChI is InChI=1S/C17H24O2/c1-2-3-4-5-6-7-8-9-10-15-11-13-16(14-12-15)17(18)19/h2-3,11-14H,4-10H2,1H3,(H,18,19). The average molecular weight is 260 g/mol. The summed E-state index contributed by atoms with van der Waals surface area (Å²) in [6.45, 7) is 2.07. The molecule has 0 saturated carbocycles. The van der Waals surface area contributed by atoms with Gasteiger partial charge in [-0.25, -0.2) is 4.79 Å². The molecule has 0 fully saturated rings. The number of unbranched alkanes of at least 4 members (excludes halogenated alkanes) is 5. The minimum absolute atomic E-state index is 0.368. The maximum Gasteiger partial charge on any atom is 0.335 e. The molecule has 104 valence electrons. The van der Waals surface area contributed by atoms with Gasteiger partial charge in [0.05, 0.1) is 5.56 Å². The van der Waals surface area contributed by atoms with Gasteiger partial charge in [-0.15, -0.1) is 0 Å². The van der Waals surface area contributed by atoms with Gasteiger partial charge in [0.15, 0.2) is 0 Å². The van der Waals surface area contributed by atoms with Crippen LogP contribution in [0.4, 0.5) is 0 Å². The zero-order valence-electron chi connectivity index (χ0n) is 11.8. The molecule has 19 heavy (non-hydrogen) atoms. The number of rotatable bonds is 9. The third-order valence-corrected chi connectivity index (χ3v) is 3.27. The molecule has 0 aliphatic carbocycles. The summed E-state index contributed by atoms with van der Waals surface area (Å²) < 4.78 is 0. The summed E-state index contributed by atoms with van der Waals surface area (Å²) in [5.41, 5.74) is 1.60. The molecule has 1 aromatic rings. The molecule has 1 aromatic carbocycles. The highest BCUT2D eigenvalue weighted by Gasteiger charge is 2.01. The molecule has 0 aliphatic rings. The molecule has 2 nitrogen and oxygen atoms in total. The summed E-state index contributed by atoms with van der Waals surface area (Å²) in [4.78, 5) is 10.7. The first kappa shape index (κ1) is 15.5. The van der Waals surface area contributed by atoms with Crippen molar-refractivity contribution in [3.05, 3.63) is 47.5 Å². The molecule has 1 rings (SSSR count). The Morgan fingerprint density at radius 2 is 1.68 bits per heavy atom. The van der Waals surface area contributed by atoms with Crippen molar-refractivity contribution >= 4 is 5.97 Å². The third kappa shape index (κ3) is 6.80. The molecule has 0 radical (unpaired) electrons. The molecule has 2 heteroatoms. The zero-order valence-corrected chi connectivity index (χ0v) is 11.8. The number of benzene rings is 1. The minimum atomic E-state index is -0.854. The van der Waals surface area contributed by atoms with E-state index in [2.05, 4.69) is 19.1 Å². The van der Waals surface area contributed by atoms with Gasteiger partial charge in [0.1, 0.15) is 0 Å². The first-order valence-electron chi connectivity index (χ1n) is 7.17. The van der Waals surface area contributed by atoms with E-state index in [0.29, 0.717) is 5.56 Å². The van der Waals surface area contributed by atoms with Crippen LogP contribution in [0.5, 0.6) is 0 Å². The lowest BCUT2D eigenvalue weighted by molar-refractivity contribution is 0.0697. The van der Waals surface area contributed by atoms with Gasteiger partial charge in [-0.2, -0.15) is 0 Å². The summed E-state index contributed by atoms with van der Waals surface area (Å²) in [5, 5.41) is 8.81. The van der Waals surface area contributed by atoms with Crippen molar-refractivity contribution in [1.29, 1.82) is 0 Å². The summed E-state index contributed by atoms with van der Waals surface area (Å²) >= 11 is 0. The van der Waals surface area contributed by atoms with Crippen LogP contribution in [0.25, 0.3) is 0 Å². The fourth-order valence-electron chi connectivity index (χ4n) is 2.10. The number of carboxylic acid groups (broad SMARTS) is 1. The van der Waals surface area contributed by atoms with Crippen LogP contribution in [0, 0.1) is 0 Å². The van der Waals surface area contributed by atoms with Crippen molar-refractivity contribution in [1.82, 2.24) is 0 Å². The topological polar surface area (TPSA) is 37.3 Å². The van der Waals surface area contributed by atoms with Crippen molar-refractivity contribution < 1.29 is 9.90 Å². The Morgan fingerprint density at radius 1 is 1.05 bits per heavy atom. The lowest BCUT2D eigenvalue weighted by atomic mass is 10.0. The Morgan fingerprint density at radius 3 is 2.32 bits per heavy atom. The number of hydrogen-bond acceptors (Lipinski definition) is 1. The van der Waals surface area contributed by atoms with Gasteiger partial charge in [0.25, 0.3) is 0 Å². The van der Waals surface area contributed by atoms with Crippen LogP contribution in [0.1, 0.15) is 61.4 Å². The predicted octanol–water partition coefficient (Wildman–Crippen LogP) is 4.84. The van der Waals surface area contributed by atoms with Gasteiger partial charge in [0, 0.05) is 0 Å². The average Bonchev–Trinajstić information content (AvgIpc) is 2.42. The molecule has 0 unspecified atom stereocenters. The number of allylic oxidation sites excluding steroid dienone is 2. The molecular formula is C17H24O2. The maximum atomic E-state index is 10.7. The summed E-state index contributed by atoms with van der Waals surface area (Å²) in [6, 6.07) is 7.23. The molecule has 0 aliphatic heterocycles. The van der Waals surface area contributed by atoms with Crippen LogP contribution < -0.4 is 0 Å². The molecule has 0 aromatic heterocycles. The number of aryl methyl sites for hydroxylation is 1. The second-order valence-corrected chi connectivity index (χ2v) is 4.88. The molecule has 0 atom stereocenters. The van der Waals surface area contributed by atoms with Gasteiger partial charge in [-0.1, -0.05) is 43.5 Å². The molecule has 0 heterocycles. The van der Waals surface area contributed by atoms with E-state index in [1.54, 1.807) is 12.1 Å². The Bertz CT molecular complexity index is 390. The highest BCUT2D eigenvalue weighted by molar-refractivity contribution is 5.87. The van der Waals surface area contributed by atoms with Crippen molar-refractivity contribution in [2.75, 3.05) is 0 Å². The molecule has 0 amide bonds. The van der Waals surface area contributed by atoms with E-state index in [0.717, 1.165) is 6.42 Å². The Hall–Kier alpha value is -1.57. The van der Waals surface area contributed by atoms with Gasteiger partial charge in [-0.3, -0.25) is 0 Å². The molecule has 0 bridgehead atoms. The van der Waals surface area contributed by atoms with Crippen molar-refractivity contribution in [3.63, 3.8) is 0 Å². The highest BCUT2D eigenvalue weighted by Crippen LogP contribution is 2.11. The second-order valence-electron chi connectivity index (χ2n) is 4.88. The molecule has 0 spiro atoms. The quantitative estimate of drug-likeness (QED) is 0.509. The van der Waals surface area contributed by atoms with Gasteiger partial charge in [-0.05, 0) is 50.3 Å². The summed E-state index contributed by atoms with van der Waals surface area (Å²) in [7, 11) is 0. The molecule has 0 saturated heterocycles. The number of carbonyl (C=O) groups is 1. The highest BCUT2D eigenvalue weighted by atomic mass is 16.4. The van der Waals surface area contributed by atoms with E-state index in [9.17, 15) is 4.79 Å². The first-order chi connectivity index (χ1) is 9.24. The van der Waals surface area contributed by atoms with E-state index in [1.165, 1.54) is 44.1 Å². The van der Waals surface area contributed by atoms with Crippen LogP contribution in [-0.4, -0.2) is 11.1 Å². The fourth-order valence-corrected chi connectivity index (χ4v) is 2.10. The summed E-state index contributed by atoms with van der Waals surface area (Å²) in [5.74, 6) is -0.854. The Balaban J connectivity index is 2.10. The molecular weight excluding hydrogens is 236 g/mol. The SMILES string of the molecule is CC=CCCCCCCCc1ccc(C(=O)O)cc1.